The molecule has 0 saturated carbocycles. The zero-order valence-electron chi connectivity index (χ0n) is 12.4. The summed E-state index contributed by atoms with van der Waals surface area (Å²) in [6.07, 6.45) is 1.05. The van der Waals surface area contributed by atoms with Crippen molar-refractivity contribution in [3.05, 3.63) is 29.3 Å². The van der Waals surface area contributed by atoms with Crippen molar-refractivity contribution in [3.63, 3.8) is 0 Å². The number of likely N-dealkylation sites (N-methyl/N-ethyl adjacent to an activating group) is 1. The molecule has 1 atom stereocenters. The molecule has 0 amide bonds. The van der Waals surface area contributed by atoms with Gasteiger partial charge in [-0.1, -0.05) is 23.7 Å². The monoisotopic (exact) mass is 318 g/mol. The van der Waals surface area contributed by atoms with Crippen LogP contribution in [-0.4, -0.2) is 36.1 Å². The number of anilines is 3. The maximum absolute atomic E-state index is 6.12. The van der Waals surface area contributed by atoms with Crippen molar-refractivity contribution in [2.24, 2.45) is 0 Å². The maximum Gasteiger partial charge on any atom is 0.223 e. The standard InChI is InChI=1S/C15H19ClN6/c1-19-11-5-6-22(8-11)14-12(13(17)20-15(18)21-14)9-3-2-4-10(16)7-9/h2-4,7,11,19H,5-6,8H2,1H3,(H4,17,18,20,21)/t11-/m0/s1. The molecule has 0 spiro atoms. The Labute approximate surface area is 134 Å². The van der Waals surface area contributed by atoms with Crippen LogP contribution in [0.5, 0.6) is 0 Å². The van der Waals surface area contributed by atoms with E-state index < -0.39 is 0 Å². The molecule has 1 aliphatic heterocycles. The zero-order valence-corrected chi connectivity index (χ0v) is 13.1. The van der Waals surface area contributed by atoms with Gasteiger partial charge in [-0.15, -0.1) is 0 Å². The van der Waals surface area contributed by atoms with Gasteiger partial charge in [-0.25, -0.2) is 0 Å². The second-order valence-corrected chi connectivity index (χ2v) is 5.83. The normalized spacial score (nSPS) is 17.9. The first kappa shape index (κ1) is 14.9. The lowest BCUT2D eigenvalue weighted by Crippen LogP contribution is -2.30. The van der Waals surface area contributed by atoms with Crippen molar-refractivity contribution < 1.29 is 0 Å². The predicted octanol–water partition coefficient (Wildman–Crippen LogP) is 1.76. The zero-order chi connectivity index (χ0) is 15.7. The third kappa shape index (κ3) is 2.80. The molecule has 22 heavy (non-hydrogen) atoms. The Balaban J connectivity index is 2.09. The summed E-state index contributed by atoms with van der Waals surface area (Å²) in [5.41, 5.74) is 13.6. The molecule has 1 aromatic heterocycles. The number of hydrogen-bond donors (Lipinski definition) is 3. The molecule has 1 saturated heterocycles. The summed E-state index contributed by atoms with van der Waals surface area (Å²) in [6, 6.07) is 7.96. The Morgan fingerprint density at radius 3 is 2.82 bits per heavy atom. The Morgan fingerprint density at radius 2 is 2.14 bits per heavy atom. The van der Waals surface area contributed by atoms with E-state index in [0.29, 0.717) is 16.9 Å². The van der Waals surface area contributed by atoms with E-state index in [2.05, 4.69) is 20.2 Å². The highest BCUT2D eigenvalue weighted by Crippen LogP contribution is 2.36. The molecule has 0 bridgehead atoms. The van der Waals surface area contributed by atoms with Gasteiger partial charge < -0.3 is 21.7 Å². The second-order valence-electron chi connectivity index (χ2n) is 5.40. The van der Waals surface area contributed by atoms with Gasteiger partial charge in [0.15, 0.2) is 0 Å². The van der Waals surface area contributed by atoms with Gasteiger partial charge in [-0.2, -0.15) is 9.97 Å². The van der Waals surface area contributed by atoms with Crippen molar-refractivity contribution in [2.45, 2.75) is 12.5 Å². The molecule has 2 heterocycles. The van der Waals surface area contributed by atoms with Crippen LogP contribution in [0.25, 0.3) is 11.1 Å². The minimum absolute atomic E-state index is 0.186. The van der Waals surface area contributed by atoms with Crippen LogP contribution < -0.4 is 21.7 Å². The lowest BCUT2D eigenvalue weighted by Gasteiger charge is -2.22. The van der Waals surface area contributed by atoms with Crippen LogP contribution in [0.4, 0.5) is 17.6 Å². The van der Waals surface area contributed by atoms with Crippen LogP contribution in [-0.2, 0) is 0 Å². The average Bonchev–Trinajstić information content (AvgIpc) is 2.95. The average molecular weight is 319 g/mol. The molecule has 6 nitrogen and oxygen atoms in total. The molecule has 0 radical (unpaired) electrons. The van der Waals surface area contributed by atoms with Gasteiger partial charge in [0.05, 0.1) is 5.56 Å². The van der Waals surface area contributed by atoms with Gasteiger partial charge in [-0.05, 0) is 31.2 Å². The topological polar surface area (TPSA) is 93.1 Å². The fourth-order valence-electron chi connectivity index (χ4n) is 2.82. The van der Waals surface area contributed by atoms with E-state index in [-0.39, 0.29) is 5.95 Å². The number of halogens is 1. The fourth-order valence-corrected chi connectivity index (χ4v) is 3.01. The molecule has 0 aliphatic carbocycles. The number of nitrogens with zero attached hydrogens (tertiary/aromatic N) is 3. The first-order valence-corrected chi connectivity index (χ1v) is 7.57. The molecule has 1 aliphatic rings. The van der Waals surface area contributed by atoms with Crippen molar-refractivity contribution in [3.8, 4) is 11.1 Å². The first-order chi connectivity index (χ1) is 10.6. The quantitative estimate of drug-likeness (QED) is 0.798. The number of rotatable bonds is 3. The lowest BCUT2D eigenvalue weighted by atomic mass is 10.1. The summed E-state index contributed by atoms with van der Waals surface area (Å²) in [6.45, 7) is 1.76. The molecule has 116 valence electrons. The molecule has 1 fully saturated rings. The van der Waals surface area contributed by atoms with Gasteiger partial charge in [0.25, 0.3) is 0 Å². The van der Waals surface area contributed by atoms with Crippen LogP contribution in [0.2, 0.25) is 5.02 Å². The van der Waals surface area contributed by atoms with Crippen LogP contribution in [0.15, 0.2) is 24.3 Å². The summed E-state index contributed by atoms with van der Waals surface area (Å²) in [7, 11) is 1.97. The van der Waals surface area contributed by atoms with Crippen LogP contribution in [0.3, 0.4) is 0 Å². The Morgan fingerprint density at radius 1 is 1.32 bits per heavy atom. The molecule has 0 unspecified atom stereocenters. The smallest absolute Gasteiger partial charge is 0.223 e. The van der Waals surface area contributed by atoms with Gasteiger partial charge in [0.1, 0.15) is 11.6 Å². The molecular weight excluding hydrogens is 300 g/mol. The summed E-state index contributed by atoms with van der Waals surface area (Å²) in [4.78, 5) is 10.7. The lowest BCUT2D eigenvalue weighted by molar-refractivity contribution is 0.616. The first-order valence-electron chi connectivity index (χ1n) is 7.19. The molecule has 1 aromatic carbocycles. The van der Waals surface area contributed by atoms with E-state index in [1.165, 1.54) is 0 Å². The Hall–Kier alpha value is -2.05. The minimum atomic E-state index is 0.186. The van der Waals surface area contributed by atoms with Gasteiger partial charge in [0.2, 0.25) is 5.95 Å². The fraction of sp³-hybridized carbons (Fsp3) is 0.333. The third-order valence-corrected chi connectivity index (χ3v) is 4.18. The Kier molecular flexibility index (Phi) is 4.04. The highest BCUT2D eigenvalue weighted by atomic mass is 35.5. The van der Waals surface area contributed by atoms with Crippen molar-refractivity contribution >= 4 is 29.2 Å². The van der Waals surface area contributed by atoms with Gasteiger partial charge in [0, 0.05) is 24.2 Å². The van der Waals surface area contributed by atoms with Gasteiger partial charge >= 0.3 is 0 Å². The summed E-state index contributed by atoms with van der Waals surface area (Å²) in [5, 5.41) is 3.94. The highest BCUT2D eigenvalue weighted by Gasteiger charge is 2.26. The maximum atomic E-state index is 6.12. The summed E-state index contributed by atoms with van der Waals surface area (Å²) in [5.74, 6) is 1.33. The molecule has 3 rings (SSSR count). The molecule has 5 N–H and O–H groups in total. The molecule has 7 heteroatoms. The highest BCUT2D eigenvalue weighted by molar-refractivity contribution is 6.30. The number of benzene rings is 1. The van der Waals surface area contributed by atoms with Crippen molar-refractivity contribution in [2.75, 3.05) is 36.5 Å². The SMILES string of the molecule is CN[C@H]1CCN(c2nc(N)nc(N)c2-c2cccc(Cl)c2)C1. The van der Waals surface area contributed by atoms with E-state index in [9.17, 15) is 0 Å². The van der Waals surface area contributed by atoms with Crippen molar-refractivity contribution in [1.82, 2.24) is 15.3 Å². The van der Waals surface area contributed by atoms with Crippen LogP contribution >= 0.6 is 11.6 Å². The van der Waals surface area contributed by atoms with E-state index in [1.807, 2.05) is 31.3 Å². The molecule has 2 aromatic rings. The number of aromatic nitrogens is 2. The molecular formula is C15H19ClN6. The van der Waals surface area contributed by atoms with Crippen LogP contribution in [0, 0.1) is 0 Å². The number of nitrogens with one attached hydrogen (secondary N) is 1. The number of nitrogen functional groups attached to an aromatic ring is 2. The number of nitrogens with two attached hydrogens (primary N) is 2. The summed E-state index contributed by atoms with van der Waals surface area (Å²) >= 11 is 6.11. The largest absolute Gasteiger partial charge is 0.383 e. The van der Waals surface area contributed by atoms with E-state index in [1.54, 1.807) is 0 Å². The second kappa shape index (κ2) is 5.98. The third-order valence-electron chi connectivity index (χ3n) is 3.94. The van der Waals surface area contributed by atoms with Gasteiger partial charge in [-0.3, -0.25) is 0 Å². The van der Waals surface area contributed by atoms with E-state index in [0.717, 1.165) is 36.5 Å². The number of hydrogen-bond acceptors (Lipinski definition) is 6. The van der Waals surface area contributed by atoms with Crippen LogP contribution in [0.1, 0.15) is 6.42 Å². The summed E-state index contributed by atoms with van der Waals surface area (Å²) < 4.78 is 0. The van der Waals surface area contributed by atoms with Crippen molar-refractivity contribution in [1.29, 1.82) is 0 Å². The predicted molar refractivity (Wildman–Crippen MR) is 91.0 cm³/mol. The Bertz CT molecular complexity index is 690. The van der Waals surface area contributed by atoms with E-state index >= 15 is 0 Å². The minimum Gasteiger partial charge on any atom is -0.383 e. The van der Waals surface area contributed by atoms with E-state index in [4.69, 9.17) is 23.1 Å².